The van der Waals surface area contributed by atoms with Crippen molar-refractivity contribution >= 4 is 15.9 Å². The predicted molar refractivity (Wildman–Crippen MR) is 66.8 cm³/mol. The molecular formula is C12H16BrFN2. The lowest BCUT2D eigenvalue weighted by Gasteiger charge is -2.33. The Balaban J connectivity index is 2.05. The number of nitrogens with zero attached hydrogens (tertiary/aromatic N) is 1. The van der Waals surface area contributed by atoms with E-state index in [1.807, 2.05) is 6.07 Å². The molecule has 0 spiro atoms. The average Bonchev–Trinajstić information content (AvgIpc) is 2.27. The minimum Gasteiger partial charge on any atom is -0.314 e. The number of hydrogen-bond acceptors (Lipinski definition) is 2. The maximum atomic E-state index is 13.4. The Bertz CT molecular complexity index is 370. The van der Waals surface area contributed by atoms with E-state index in [1.54, 1.807) is 12.1 Å². The van der Waals surface area contributed by atoms with Crippen molar-refractivity contribution in [2.24, 2.45) is 0 Å². The molecule has 1 aromatic carbocycles. The number of nitrogens with one attached hydrogen (secondary N) is 1. The van der Waals surface area contributed by atoms with E-state index in [2.05, 4.69) is 33.1 Å². The maximum absolute atomic E-state index is 13.4. The monoisotopic (exact) mass is 286 g/mol. The molecule has 1 aliphatic rings. The highest BCUT2D eigenvalue weighted by molar-refractivity contribution is 9.10. The highest BCUT2D eigenvalue weighted by Crippen LogP contribution is 2.18. The Morgan fingerprint density at radius 3 is 3.06 bits per heavy atom. The Morgan fingerprint density at radius 2 is 2.38 bits per heavy atom. The lowest BCUT2D eigenvalue weighted by Crippen LogP contribution is -2.49. The van der Waals surface area contributed by atoms with Crippen LogP contribution in [0.25, 0.3) is 0 Å². The van der Waals surface area contributed by atoms with Gasteiger partial charge >= 0.3 is 0 Å². The summed E-state index contributed by atoms with van der Waals surface area (Å²) in [6.07, 6.45) is 0. The third-order valence-corrected chi connectivity index (χ3v) is 3.65. The molecule has 88 valence electrons. The molecule has 2 nitrogen and oxygen atoms in total. The van der Waals surface area contributed by atoms with Gasteiger partial charge in [-0.3, -0.25) is 4.90 Å². The average molecular weight is 287 g/mol. The van der Waals surface area contributed by atoms with E-state index >= 15 is 0 Å². The van der Waals surface area contributed by atoms with Gasteiger partial charge in [0, 0.05) is 32.2 Å². The van der Waals surface area contributed by atoms with Crippen LogP contribution in [0.2, 0.25) is 0 Å². The van der Waals surface area contributed by atoms with Crippen LogP contribution < -0.4 is 5.32 Å². The zero-order valence-electron chi connectivity index (χ0n) is 9.34. The van der Waals surface area contributed by atoms with Gasteiger partial charge in [0.15, 0.2) is 0 Å². The van der Waals surface area contributed by atoms with E-state index in [4.69, 9.17) is 0 Å². The lowest BCUT2D eigenvalue weighted by atomic mass is 10.1. The van der Waals surface area contributed by atoms with Gasteiger partial charge in [-0.25, -0.2) is 4.39 Å². The van der Waals surface area contributed by atoms with Gasteiger partial charge in [0.25, 0.3) is 0 Å². The summed E-state index contributed by atoms with van der Waals surface area (Å²) in [6.45, 7) is 6.08. The van der Waals surface area contributed by atoms with Crippen molar-refractivity contribution in [3.8, 4) is 0 Å². The van der Waals surface area contributed by atoms with Crippen molar-refractivity contribution in [2.75, 3.05) is 19.6 Å². The smallest absolute Gasteiger partial charge is 0.137 e. The summed E-state index contributed by atoms with van der Waals surface area (Å²) in [5, 5.41) is 3.35. The van der Waals surface area contributed by atoms with Crippen LogP contribution in [0.1, 0.15) is 12.5 Å². The van der Waals surface area contributed by atoms with Crippen molar-refractivity contribution in [3.63, 3.8) is 0 Å². The van der Waals surface area contributed by atoms with Crippen LogP contribution in [0.4, 0.5) is 4.39 Å². The van der Waals surface area contributed by atoms with Crippen LogP contribution in [-0.2, 0) is 6.54 Å². The van der Waals surface area contributed by atoms with E-state index in [0.29, 0.717) is 10.5 Å². The van der Waals surface area contributed by atoms with E-state index in [9.17, 15) is 4.39 Å². The summed E-state index contributed by atoms with van der Waals surface area (Å²) in [7, 11) is 0. The highest BCUT2D eigenvalue weighted by Gasteiger charge is 2.17. The minimum atomic E-state index is -0.180. The number of benzene rings is 1. The van der Waals surface area contributed by atoms with Gasteiger partial charge in [-0.05, 0) is 40.5 Å². The maximum Gasteiger partial charge on any atom is 0.137 e. The second-order valence-electron chi connectivity index (χ2n) is 4.27. The normalized spacial score (nSPS) is 22.3. The fourth-order valence-electron chi connectivity index (χ4n) is 1.99. The van der Waals surface area contributed by atoms with Crippen molar-refractivity contribution in [3.05, 3.63) is 34.1 Å². The first-order valence-electron chi connectivity index (χ1n) is 5.55. The summed E-state index contributed by atoms with van der Waals surface area (Å²) < 4.78 is 13.9. The van der Waals surface area contributed by atoms with Gasteiger partial charge in [0.05, 0.1) is 4.47 Å². The van der Waals surface area contributed by atoms with Crippen molar-refractivity contribution in [2.45, 2.75) is 19.5 Å². The molecule has 1 atom stereocenters. The quantitative estimate of drug-likeness (QED) is 0.898. The summed E-state index contributed by atoms with van der Waals surface area (Å²) in [6, 6.07) is 5.87. The molecule has 0 saturated carbocycles. The molecule has 1 heterocycles. The van der Waals surface area contributed by atoms with Gasteiger partial charge in [-0.15, -0.1) is 0 Å². The standard InChI is InChI=1S/C12H16BrFN2/c1-9-7-15-4-5-16(9)8-10-2-3-11(13)12(14)6-10/h2-3,6,9,15H,4-5,7-8H2,1H3/t9-/m0/s1. The molecule has 0 aliphatic carbocycles. The summed E-state index contributed by atoms with van der Waals surface area (Å²) in [4.78, 5) is 2.37. The van der Waals surface area contributed by atoms with Crippen molar-refractivity contribution in [1.29, 1.82) is 0 Å². The highest BCUT2D eigenvalue weighted by atomic mass is 79.9. The van der Waals surface area contributed by atoms with Crippen LogP contribution in [0.5, 0.6) is 0 Å². The molecular weight excluding hydrogens is 271 g/mol. The van der Waals surface area contributed by atoms with Gasteiger partial charge in [-0.1, -0.05) is 6.07 Å². The molecule has 16 heavy (non-hydrogen) atoms. The second-order valence-corrected chi connectivity index (χ2v) is 5.13. The zero-order chi connectivity index (χ0) is 11.5. The molecule has 0 radical (unpaired) electrons. The Kier molecular flexibility index (Phi) is 3.95. The van der Waals surface area contributed by atoms with Gasteiger partial charge < -0.3 is 5.32 Å². The molecule has 0 unspecified atom stereocenters. The third-order valence-electron chi connectivity index (χ3n) is 3.01. The molecule has 0 bridgehead atoms. The van der Waals surface area contributed by atoms with Crippen LogP contribution in [0.15, 0.2) is 22.7 Å². The van der Waals surface area contributed by atoms with E-state index in [-0.39, 0.29) is 5.82 Å². The number of hydrogen-bond donors (Lipinski definition) is 1. The SMILES string of the molecule is C[C@H]1CNCCN1Cc1ccc(Br)c(F)c1. The number of halogens is 2. The summed E-state index contributed by atoms with van der Waals surface area (Å²) >= 11 is 3.17. The van der Waals surface area contributed by atoms with Gasteiger partial charge in [0.1, 0.15) is 5.82 Å². The van der Waals surface area contributed by atoms with Crippen molar-refractivity contribution < 1.29 is 4.39 Å². The summed E-state index contributed by atoms with van der Waals surface area (Å²) in [5.41, 5.74) is 1.04. The van der Waals surface area contributed by atoms with Crippen LogP contribution in [0.3, 0.4) is 0 Å². The Morgan fingerprint density at radius 1 is 1.56 bits per heavy atom. The second kappa shape index (κ2) is 5.25. The Labute approximate surface area is 104 Å². The number of rotatable bonds is 2. The third kappa shape index (κ3) is 2.81. The molecule has 0 amide bonds. The molecule has 0 aromatic heterocycles. The largest absolute Gasteiger partial charge is 0.314 e. The van der Waals surface area contributed by atoms with Crippen LogP contribution >= 0.6 is 15.9 Å². The topological polar surface area (TPSA) is 15.3 Å². The first-order chi connectivity index (χ1) is 7.66. The Hall–Kier alpha value is -0.450. The lowest BCUT2D eigenvalue weighted by molar-refractivity contribution is 0.165. The molecule has 1 fully saturated rings. The first-order valence-corrected chi connectivity index (χ1v) is 6.35. The fraction of sp³-hybridized carbons (Fsp3) is 0.500. The molecule has 1 aliphatic heterocycles. The van der Waals surface area contributed by atoms with Crippen LogP contribution in [-0.4, -0.2) is 30.6 Å². The van der Waals surface area contributed by atoms with Gasteiger partial charge in [0.2, 0.25) is 0 Å². The van der Waals surface area contributed by atoms with E-state index in [0.717, 1.165) is 31.7 Å². The molecule has 1 saturated heterocycles. The summed E-state index contributed by atoms with van der Waals surface area (Å²) in [5.74, 6) is -0.180. The molecule has 1 aromatic rings. The molecule has 1 N–H and O–H groups in total. The van der Waals surface area contributed by atoms with Gasteiger partial charge in [-0.2, -0.15) is 0 Å². The first kappa shape index (κ1) is 12.0. The number of piperazine rings is 1. The van der Waals surface area contributed by atoms with Crippen molar-refractivity contribution in [1.82, 2.24) is 10.2 Å². The van der Waals surface area contributed by atoms with E-state index < -0.39 is 0 Å². The van der Waals surface area contributed by atoms with Crippen LogP contribution in [0, 0.1) is 5.82 Å². The fourth-order valence-corrected chi connectivity index (χ4v) is 2.24. The minimum absolute atomic E-state index is 0.180. The molecule has 2 rings (SSSR count). The molecule has 4 heteroatoms. The van der Waals surface area contributed by atoms with E-state index in [1.165, 1.54) is 0 Å². The predicted octanol–water partition coefficient (Wildman–Crippen LogP) is 2.38. The zero-order valence-corrected chi connectivity index (χ0v) is 10.9.